The number of alkyl halides is 3. The number of hydrazone groups is 1. The van der Waals surface area contributed by atoms with Gasteiger partial charge in [0.15, 0.2) is 0 Å². The van der Waals surface area contributed by atoms with E-state index in [4.69, 9.17) is 10.00 Å². The third kappa shape index (κ3) is 6.80. The average Bonchev–Trinajstić information content (AvgIpc) is 2.88. The van der Waals surface area contributed by atoms with E-state index < -0.39 is 6.36 Å². The Morgan fingerprint density at radius 2 is 1.69 bits per heavy atom. The van der Waals surface area contributed by atoms with Gasteiger partial charge in [0.1, 0.15) is 5.75 Å². The molecule has 13 heteroatoms. The molecule has 0 saturated carbocycles. The Hall–Kier alpha value is -4.44. The minimum atomic E-state index is -4.77. The summed E-state index contributed by atoms with van der Waals surface area (Å²) in [6.07, 6.45) is -4.77. The van der Waals surface area contributed by atoms with E-state index in [9.17, 15) is 13.2 Å². The van der Waals surface area contributed by atoms with Gasteiger partial charge in [0.25, 0.3) is 0 Å². The van der Waals surface area contributed by atoms with Gasteiger partial charge < -0.3 is 19.7 Å². The first-order valence-corrected chi connectivity index (χ1v) is 10.8. The van der Waals surface area contributed by atoms with Gasteiger partial charge in [0.05, 0.1) is 30.6 Å². The molecule has 2 N–H and O–H groups in total. The maximum absolute atomic E-state index is 12.4. The molecule has 4 rings (SSSR count). The van der Waals surface area contributed by atoms with Crippen molar-refractivity contribution in [2.45, 2.75) is 13.3 Å². The maximum atomic E-state index is 12.4. The lowest BCUT2D eigenvalue weighted by molar-refractivity contribution is -0.274. The molecule has 0 unspecified atom stereocenters. The Morgan fingerprint density at radius 3 is 2.33 bits per heavy atom. The highest BCUT2D eigenvalue weighted by molar-refractivity contribution is 5.99. The van der Waals surface area contributed by atoms with Crippen molar-refractivity contribution in [1.29, 1.82) is 5.26 Å². The van der Waals surface area contributed by atoms with Gasteiger partial charge >= 0.3 is 6.36 Å². The summed E-state index contributed by atoms with van der Waals surface area (Å²) in [6, 6.07) is 14.2. The average molecular weight is 498 g/mol. The molecule has 0 amide bonds. The summed E-state index contributed by atoms with van der Waals surface area (Å²) in [5.74, 6) is 0.387. The number of ether oxygens (including phenoxy) is 2. The number of morpholine rings is 1. The molecule has 1 aliphatic rings. The van der Waals surface area contributed by atoms with Crippen molar-refractivity contribution in [3.05, 3.63) is 59.7 Å². The first kappa shape index (κ1) is 24.7. The van der Waals surface area contributed by atoms with E-state index in [-0.39, 0.29) is 17.6 Å². The van der Waals surface area contributed by atoms with Crippen molar-refractivity contribution < 1.29 is 22.6 Å². The fraction of sp³-hybridized carbons (Fsp3) is 0.261. The van der Waals surface area contributed by atoms with Crippen molar-refractivity contribution in [2.24, 2.45) is 5.10 Å². The highest BCUT2D eigenvalue weighted by Crippen LogP contribution is 2.25. The Labute approximate surface area is 204 Å². The van der Waals surface area contributed by atoms with Gasteiger partial charge in [-0.3, -0.25) is 0 Å². The highest BCUT2D eigenvalue weighted by Gasteiger charge is 2.31. The molecule has 0 aliphatic carbocycles. The van der Waals surface area contributed by atoms with Crippen LogP contribution in [0.2, 0.25) is 0 Å². The van der Waals surface area contributed by atoms with Crippen LogP contribution in [-0.4, -0.2) is 53.3 Å². The zero-order valence-corrected chi connectivity index (χ0v) is 19.1. The lowest BCUT2D eigenvalue weighted by Gasteiger charge is -2.27. The van der Waals surface area contributed by atoms with Crippen LogP contribution in [0.15, 0.2) is 53.6 Å². The number of hydrogen-bond donors (Lipinski definition) is 2. The monoisotopic (exact) mass is 498 g/mol. The van der Waals surface area contributed by atoms with Gasteiger partial charge in [0.2, 0.25) is 17.8 Å². The van der Waals surface area contributed by atoms with Crippen LogP contribution in [0.5, 0.6) is 5.75 Å². The summed E-state index contributed by atoms with van der Waals surface area (Å²) in [6.45, 7) is 4.00. The topological polar surface area (TPSA) is 121 Å². The smallest absolute Gasteiger partial charge is 0.406 e. The van der Waals surface area contributed by atoms with Gasteiger partial charge in [-0.2, -0.15) is 25.3 Å². The molecule has 36 heavy (non-hydrogen) atoms. The van der Waals surface area contributed by atoms with E-state index in [1.165, 1.54) is 24.3 Å². The minimum absolute atomic E-state index is 0.166. The first-order chi connectivity index (χ1) is 17.3. The lowest BCUT2D eigenvalue weighted by atomic mass is 10.1. The Kier molecular flexibility index (Phi) is 7.45. The molecule has 2 heterocycles. The SMILES string of the molecule is C/C(=N\Nc1nc(Nc2ccc(OC(F)(F)F)cc2)nc(N2CCOCC2)n1)c1ccc(C#N)cc1. The number of halogens is 3. The molecule has 0 spiro atoms. The van der Waals surface area contributed by atoms with E-state index in [1.807, 2.05) is 4.90 Å². The Balaban J connectivity index is 1.55. The number of aromatic nitrogens is 3. The maximum Gasteiger partial charge on any atom is 0.573 e. The van der Waals surface area contributed by atoms with Crippen LogP contribution >= 0.6 is 0 Å². The molecule has 1 fully saturated rings. The number of nitrogens with zero attached hydrogens (tertiary/aromatic N) is 6. The molecule has 3 aromatic rings. The lowest BCUT2D eigenvalue weighted by Crippen LogP contribution is -2.37. The molecular weight excluding hydrogens is 477 g/mol. The van der Waals surface area contributed by atoms with Gasteiger partial charge in [-0.25, -0.2) is 5.43 Å². The molecule has 0 atom stereocenters. The minimum Gasteiger partial charge on any atom is -0.406 e. The van der Waals surface area contributed by atoms with E-state index >= 15 is 0 Å². The molecule has 0 radical (unpaired) electrons. The molecule has 186 valence electrons. The van der Waals surface area contributed by atoms with E-state index in [2.05, 4.69) is 41.6 Å². The zero-order valence-electron chi connectivity index (χ0n) is 19.1. The standard InChI is InChI=1S/C23H21F3N8O2/c1-15(17-4-2-16(14-27)3-5-17)32-33-21-29-20(30-22(31-21)34-10-12-35-13-11-34)28-18-6-8-19(9-7-18)36-23(24,25)26/h2-9H,10-13H2,1H3,(H2,28,29,30,31,33)/b32-15+. The molecule has 10 nitrogen and oxygen atoms in total. The number of anilines is 4. The van der Waals surface area contributed by atoms with Crippen LogP contribution in [0.1, 0.15) is 18.1 Å². The molecule has 1 aromatic heterocycles. The van der Waals surface area contributed by atoms with E-state index in [0.717, 1.165) is 5.56 Å². The molecule has 0 bridgehead atoms. The number of benzene rings is 2. The predicted molar refractivity (Wildman–Crippen MR) is 126 cm³/mol. The van der Waals surface area contributed by atoms with Crippen molar-refractivity contribution in [3.8, 4) is 11.8 Å². The van der Waals surface area contributed by atoms with E-state index in [0.29, 0.717) is 49.2 Å². The van der Waals surface area contributed by atoms with Gasteiger partial charge in [-0.1, -0.05) is 12.1 Å². The van der Waals surface area contributed by atoms with Gasteiger partial charge in [-0.15, -0.1) is 13.2 Å². The summed E-state index contributed by atoms with van der Waals surface area (Å²) < 4.78 is 46.5. The van der Waals surface area contributed by atoms with Crippen LogP contribution in [0.3, 0.4) is 0 Å². The number of nitriles is 1. The van der Waals surface area contributed by atoms with Crippen LogP contribution in [-0.2, 0) is 4.74 Å². The molecule has 1 aliphatic heterocycles. The van der Waals surface area contributed by atoms with Crippen LogP contribution in [0.4, 0.5) is 36.7 Å². The molecule has 2 aromatic carbocycles. The summed E-state index contributed by atoms with van der Waals surface area (Å²) in [7, 11) is 0. The van der Waals surface area contributed by atoms with Crippen molar-refractivity contribution >= 4 is 29.2 Å². The highest BCUT2D eigenvalue weighted by atomic mass is 19.4. The van der Waals surface area contributed by atoms with Crippen molar-refractivity contribution in [2.75, 3.05) is 41.9 Å². The van der Waals surface area contributed by atoms with Crippen molar-refractivity contribution in [1.82, 2.24) is 15.0 Å². The Morgan fingerprint density at radius 1 is 1.03 bits per heavy atom. The van der Waals surface area contributed by atoms with Gasteiger partial charge in [-0.05, 0) is 48.9 Å². The second-order valence-electron chi connectivity index (χ2n) is 7.58. The molecule has 1 saturated heterocycles. The third-order valence-corrected chi connectivity index (χ3v) is 5.02. The van der Waals surface area contributed by atoms with Crippen LogP contribution < -0.4 is 20.4 Å². The van der Waals surface area contributed by atoms with Crippen LogP contribution in [0.25, 0.3) is 0 Å². The normalized spacial score (nSPS) is 14.2. The second kappa shape index (κ2) is 10.9. The summed E-state index contributed by atoms with van der Waals surface area (Å²) in [5, 5.41) is 16.3. The predicted octanol–water partition coefficient (Wildman–Crippen LogP) is 4.06. The number of hydrogen-bond acceptors (Lipinski definition) is 10. The number of nitrogens with one attached hydrogen (secondary N) is 2. The first-order valence-electron chi connectivity index (χ1n) is 10.8. The fourth-order valence-corrected chi connectivity index (χ4v) is 3.23. The third-order valence-electron chi connectivity index (χ3n) is 5.02. The molecular formula is C23H21F3N8O2. The second-order valence-corrected chi connectivity index (χ2v) is 7.58. The summed E-state index contributed by atoms with van der Waals surface area (Å²) >= 11 is 0. The fourth-order valence-electron chi connectivity index (χ4n) is 3.23. The number of rotatable bonds is 7. The Bertz CT molecular complexity index is 1250. The summed E-state index contributed by atoms with van der Waals surface area (Å²) in [4.78, 5) is 15.2. The zero-order chi connectivity index (χ0) is 25.5. The van der Waals surface area contributed by atoms with Crippen molar-refractivity contribution in [3.63, 3.8) is 0 Å². The quantitative estimate of drug-likeness (QED) is 0.367. The summed E-state index contributed by atoms with van der Waals surface area (Å²) in [5.41, 5.74) is 5.27. The van der Waals surface area contributed by atoms with Crippen LogP contribution in [0, 0.1) is 11.3 Å². The van der Waals surface area contributed by atoms with Gasteiger partial charge in [0, 0.05) is 18.8 Å². The van der Waals surface area contributed by atoms with E-state index in [1.54, 1.807) is 31.2 Å². The largest absolute Gasteiger partial charge is 0.573 e.